The quantitative estimate of drug-likeness (QED) is 0.407. The average Bonchev–Trinajstić information content (AvgIpc) is 2.36. The van der Waals surface area contributed by atoms with Gasteiger partial charge >= 0.3 is 0 Å². The van der Waals surface area contributed by atoms with Gasteiger partial charge in [-0.25, -0.2) is 0 Å². The highest BCUT2D eigenvalue weighted by Gasteiger charge is 2.33. The third-order valence-electron chi connectivity index (χ3n) is 2.21. The van der Waals surface area contributed by atoms with Crippen LogP contribution >= 0.6 is 11.6 Å². The Bertz CT molecular complexity index is 580. The van der Waals surface area contributed by atoms with Crippen LogP contribution in [0.2, 0.25) is 5.02 Å². The van der Waals surface area contributed by atoms with Crippen LogP contribution in [0.1, 0.15) is 10.4 Å². The van der Waals surface area contributed by atoms with Gasteiger partial charge in [-0.15, -0.1) is 0 Å². The number of rotatable bonds is 0. The van der Waals surface area contributed by atoms with E-state index in [1.165, 1.54) is 18.2 Å². The van der Waals surface area contributed by atoms with E-state index in [0.29, 0.717) is 5.02 Å². The molecule has 0 unspecified atom stereocenters. The van der Waals surface area contributed by atoms with Gasteiger partial charge in [0.2, 0.25) is 11.5 Å². The Morgan fingerprint density at radius 1 is 1.18 bits per heavy atom. The van der Waals surface area contributed by atoms with Gasteiger partial charge in [0.25, 0.3) is 11.7 Å². The predicted octanol–water partition coefficient (Wildman–Crippen LogP) is 0.874. The minimum absolute atomic E-state index is 0.0430. The van der Waals surface area contributed by atoms with Crippen LogP contribution in [0.25, 0.3) is 0 Å². The van der Waals surface area contributed by atoms with Crippen LogP contribution in [0.5, 0.6) is 0 Å². The van der Waals surface area contributed by atoms with Crippen LogP contribution in [-0.2, 0) is 9.59 Å². The maximum atomic E-state index is 11.8. The van der Waals surface area contributed by atoms with E-state index in [4.69, 9.17) is 16.8 Å². The molecule has 0 atom stereocenters. The van der Waals surface area contributed by atoms with Gasteiger partial charge in [-0.2, -0.15) is 0 Å². The van der Waals surface area contributed by atoms with Crippen LogP contribution in [0.4, 0.5) is 5.69 Å². The summed E-state index contributed by atoms with van der Waals surface area (Å²) in [6, 6.07) is 4.10. The zero-order chi connectivity index (χ0) is 12.6. The standard InChI is InChI=1S/C10H5ClN2O4/c11-4-1-2-5-6(3-4)12-10(16)9(15)7(13-17)8(5)14/h1-3,17H,(H,12,16)/b13-7-. The molecule has 86 valence electrons. The number of nitrogens with one attached hydrogen (secondary N) is 1. The van der Waals surface area contributed by atoms with Crippen molar-refractivity contribution < 1.29 is 19.6 Å². The molecule has 6 nitrogen and oxygen atoms in total. The summed E-state index contributed by atoms with van der Waals surface area (Å²) in [7, 11) is 0. The number of Topliss-reactive ketones (excluding diaryl/α,β-unsaturated/α-hetero) is 2. The second-order valence-corrected chi connectivity index (χ2v) is 3.69. The number of ketones is 2. The van der Waals surface area contributed by atoms with Crippen molar-refractivity contribution >= 4 is 40.5 Å². The molecular weight excluding hydrogens is 248 g/mol. The van der Waals surface area contributed by atoms with Crippen molar-refractivity contribution in [1.82, 2.24) is 0 Å². The molecular formula is C10H5ClN2O4. The molecule has 0 aliphatic carbocycles. The first-order chi connectivity index (χ1) is 8.04. The van der Waals surface area contributed by atoms with Gasteiger partial charge in [0.1, 0.15) is 0 Å². The molecule has 0 radical (unpaired) electrons. The number of fused-ring (bicyclic) bond motifs is 1. The maximum absolute atomic E-state index is 11.8. The molecule has 0 aromatic heterocycles. The fourth-order valence-electron chi connectivity index (χ4n) is 1.43. The predicted molar refractivity (Wildman–Crippen MR) is 58.6 cm³/mol. The number of carbonyl (C=O) groups is 3. The van der Waals surface area contributed by atoms with Crippen molar-refractivity contribution in [2.24, 2.45) is 5.16 Å². The molecule has 1 heterocycles. The first-order valence-corrected chi connectivity index (χ1v) is 4.84. The van der Waals surface area contributed by atoms with Crippen molar-refractivity contribution in [3.63, 3.8) is 0 Å². The van der Waals surface area contributed by atoms with Crippen molar-refractivity contribution in [2.45, 2.75) is 0 Å². The van der Waals surface area contributed by atoms with Crippen molar-refractivity contribution in [1.29, 1.82) is 0 Å². The summed E-state index contributed by atoms with van der Waals surface area (Å²) in [5.41, 5.74) is -0.663. The zero-order valence-corrected chi connectivity index (χ0v) is 8.99. The van der Waals surface area contributed by atoms with Crippen LogP contribution < -0.4 is 5.32 Å². The van der Waals surface area contributed by atoms with E-state index in [1.807, 2.05) is 0 Å². The van der Waals surface area contributed by atoms with Gasteiger partial charge in [0.15, 0.2) is 0 Å². The number of hydrogen-bond acceptors (Lipinski definition) is 5. The number of amides is 1. The SMILES string of the molecule is O=C1Nc2cc(Cl)ccc2C(=O)/C(=N/O)C1=O. The summed E-state index contributed by atoms with van der Waals surface area (Å²) in [6.07, 6.45) is 0. The Morgan fingerprint density at radius 3 is 2.53 bits per heavy atom. The van der Waals surface area contributed by atoms with Crippen LogP contribution in [0.15, 0.2) is 23.4 Å². The summed E-state index contributed by atoms with van der Waals surface area (Å²) in [6.45, 7) is 0. The molecule has 0 bridgehead atoms. The van der Waals surface area contributed by atoms with Gasteiger partial charge in [-0.1, -0.05) is 16.8 Å². The lowest BCUT2D eigenvalue weighted by molar-refractivity contribution is -0.130. The highest BCUT2D eigenvalue weighted by molar-refractivity contribution is 6.83. The van der Waals surface area contributed by atoms with Crippen molar-refractivity contribution in [2.75, 3.05) is 5.32 Å². The zero-order valence-electron chi connectivity index (χ0n) is 8.23. The summed E-state index contributed by atoms with van der Waals surface area (Å²) >= 11 is 5.70. The number of benzene rings is 1. The maximum Gasteiger partial charge on any atom is 0.298 e. The Morgan fingerprint density at radius 2 is 1.88 bits per heavy atom. The van der Waals surface area contributed by atoms with E-state index in [0.717, 1.165) is 0 Å². The van der Waals surface area contributed by atoms with Crippen LogP contribution in [-0.4, -0.2) is 28.4 Å². The Hall–Kier alpha value is -2.21. The minimum atomic E-state index is -1.19. The third kappa shape index (κ3) is 1.78. The van der Waals surface area contributed by atoms with E-state index in [-0.39, 0.29) is 11.3 Å². The second kappa shape index (κ2) is 3.99. The lowest BCUT2D eigenvalue weighted by atomic mass is 10.0. The lowest BCUT2D eigenvalue weighted by Crippen LogP contribution is -2.31. The van der Waals surface area contributed by atoms with Crippen LogP contribution in [0, 0.1) is 0 Å². The number of anilines is 1. The molecule has 1 amide bonds. The number of carbonyl (C=O) groups excluding carboxylic acids is 3. The number of oxime groups is 1. The number of halogens is 1. The molecule has 2 N–H and O–H groups in total. The first-order valence-electron chi connectivity index (χ1n) is 4.46. The van der Waals surface area contributed by atoms with Crippen LogP contribution in [0.3, 0.4) is 0 Å². The molecule has 1 aromatic carbocycles. The average molecular weight is 253 g/mol. The third-order valence-corrected chi connectivity index (χ3v) is 2.45. The molecule has 0 fully saturated rings. The summed E-state index contributed by atoms with van der Waals surface area (Å²) in [5, 5.41) is 13.7. The topological polar surface area (TPSA) is 95.8 Å². The molecule has 7 heteroatoms. The smallest absolute Gasteiger partial charge is 0.298 e. The molecule has 0 spiro atoms. The molecule has 1 aliphatic rings. The Kier molecular flexibility index (Phi) is 2.64. The summed E-state index contributed by atoms with van der Waals surface area (Å²) < 4.78 is 0. The van der Waals surface area contributed by atoms with Crippen molar-refractivity contribution in [3.05, 3.63) is 28.8 Å². The van der Waals surface area contributed by atoms with E-state index < -0.39 is 23.2 Å². The first kappa shape index (κ1) is 11.3. The van der Waals surface area contributed by atoms with Gasteiger partial charge in [0.05, 0.1) is 5.69 Å². The highest BCUT2D eigenvalue weighted by atomic mass is 35.5. The molecule has 1 aromatic rings. The molecule has 1 aliphatic heterocycles. The lowest BCUT2D eigenvalue weighted by Gasteiger charge is -2.04. The minimum Gasteiger partial charge on any atom is -0.410 e. The van der Waals surface area contributed by atoms with E-state index >= 15 is 0 Å². The Labute approximate surface area is 99.9 Å². The Balaban J connectivity index is 2.67. The molecule has 17 heavy (non-hydrogen) atoms. The molecule has 0 saturated heterocycles. The van der Waals surface area contributed by atoms with Gasteiger partial charge in [-0.05, 0) is 18.2 Å². The largest absolute Gasteiger partial charge is 0.410 e. The normalized spacial score (nSPS) is 17.7. The van der Waals surface area contributed by atoms with Crippen molar-refractivity contribution in [3.8, 4) is 0 Å². The number of nitrogens with zero attached hydrogens (tertiary/aromatic N) is 1. The van der Waals surface area contributed by atoms with E-state index in [2.05, 4.69) is 10.5 Å². The molecule has 2 rings (SSSR count). The summed E-state index contributed by atoms with van der Waals surface area (Å²) in [5.74, 6) is -3.07. The second-order valence-electron chi connectivity index (χ2n) is 3.25. The van der Waals surface area contributed by atoms with Gasteiger partial charge in [0, 0.05) is 10.6 Å². The van der Waals surface area contributed by atoms with E-state index in [1.54, 1.807) is 0 Å². The number of hydrogen-bond donors (Lipinski definition) is 2. The fraction of sp³-hybridized carbons (Fsp3) is 0. The molecule has 0 saturated carbocycles. The van der Waals surface area contributed by atoms with Gasteiger partial charge in [-0.3, -0.25) is 14.4 Å². The highest BCUT2D eigenvalue weighted by Crippen LogP contribution is 2.24. The van der Waals surface area contributed by atoms with E-state index in [9.17, 15) is 14.4 Å². The summed E-state index contributed by atoms with van der Waals surface area (Å²) in [4.78, 5) is 34.5. The fourth-order valence-corrected chi connectivity index (χ4v) is 1.60. The van der Waals surface area contributed by atoms with Gasteiger partial charge < -0.3 is 10.5 Å². The monoisotopic (exact) mass is 252 g/mol.